The number of anilines is 2. The molecule has 0 unspecified atom stereocenters. The predicted octanol–water partition coefficient (Wildman–Crippen LogP) is 3.83. The Morgan fingerprint density at radius 3 is 2.54 bits per heavy atom. The maximum atomic E-state index is 10.5. The molecule has 0 aliphatic carbocycles. The lowest BCUT2D eigenvalue weighted by Gasteiger charge is -2.13. The van der Waals surface area contributed by atoms with E-state index in [1.165, 1.54) is 0 Å². The highest BCUT2D eigenvalue weighted by Gasteiger charge is 2.15. The number of aliphatic hydroxyl groups is 1. The lowest BCUT2D eigenvalue weighted by molar-refractivity contribution is 0.215. The van der Waals surface area contributed by atoms with E-state index in [1.807, 2.05) is 6.07 Å². The van der Waals surface area contributed by atoms with E-state index in [4.69, 9.17) is 16.9 Å². The van der Waals surface area contributed by atoms with Crippen LogP contribution in [-0.2, 0) is 0 Å². The summed E-state index contributed by atoms with van der Waals surface area (Å²) in [6, 6.07) is 17.7. The van der Waals surface area contributed by atoms with Crippen LogP contribution in [0.2, 0.25) is 5.02 Å². The number of aliphatic hydroxyl groups excluding tert-OH is 1. The molecule has 118 valence electrons. The van der Waals surface area contributed by atoms with Gasteiger partial charge in [0.2, 0.25) is 5.95 Å². The van der Waals surface area contributed by atoms with Crippen molar-refractivity contribution in [2.24, 2.45) is 0 Å². The summed E-state index contributed by atoms with van der Waals surface area (Å²) in [6.07, 6.45) is 0.622. The van der Waals surface area contributed by atoms with E-state index >= 15 is 0 Å². The van der Waals surface area contributed by atoms with Gasteiger partial charge in [0.05, 0.1) is 17.3 Å². The molecule has 0 amide bonds. The lowest BCUT2D eigenvalue weighted by atomic mass is 10.1. The van der Waals surface area contributed by atoms with Gasteiger partial charge in [0.1, 0.15) is 6.10 Å². The molecule has 0 bridgehead atoms. The van der Waals surface area contributed by atoms with Crippen molar-refractivity contribution in [3.63, 3.8) is 0 Å². The SMILES string of the molecule is N#Cc1ccc(Nc2nccc([C@H](O)c3ccccc3Cl)n2)cc1. The number of halogens is 1. The van der Waals surface area contributed by atoms with Crippen LogP contribution >= 0.6 is 11.6 Å². The van der Waals surface area contributed by atoms with Crippen molar-refractivity contribution in [2.45, 2.75) is 6.10 Å². The fraction of sp³-hybridized carbons (Fsp3) is 0.0556. The standard InChI is InChI=1S/C18H13ClN4O/c19-15-4-2-1-3-14(15)17(24)16-9-10-21-18(23-16)22-13-7-5-12(11-20)6-8-13/h1-10,17,24H,(H,21,22,23)/t17-/m1/s1. The summed E-state index contributed by atoms with van der Waals surface area (Å²) >= 11 is 6.12. The first-order chi connectivity index (χ1) is 11.7. The van der Waals surface area contributed by atoms with Gasteiger partial charge in [-0.3, -0.25) is 0 Å². The zero-order chi connectivity index (χ0) is 16.9. The van der Waals surface area contributed by atoms with Crippen molar-refractivity contribution in [1.82, 2.24) is 9.97 Å². The van der Waals surface area contributed by atoms with Crippen molar-refractivity contribution in [3.8, 4) is 6.07 Å². The summed E-state index contributed by atoms with van der Waals surface area (Å²) < 4.78 is 0. The van der Waals surface area contributed by atoms with Crippen LogP contribution in [-0.4, -0.2) is 15.1 Å². The third-order valence-electron chi connectivity index (χ3n) is 3.43. The van der Waals surface area contributed by atoms with E-state index in [2.05, 4.69) is 21.4 Å². The Hall–Kier alpha value is -2.94. The highest BCUT2D eigenvalue weighted by Crippen LogP contribution is 2.27. The molecule has 0 radical (unpaired) electrons. The summed E-state index contributed by atoms with van der Waals surface area (Å²) in [6.45, 7) is 0. The Bertz CT molecular complexity index is 890. The predicted molar refractivity (Wildman–Crippen MR) is 92.0 cm³/mol. The Balaban J connectivity index is 1.83. The van der Waals surface area contributed by atoms with Crippen LogP contribution in [0.4, 0.5) is 11.6 Å². The molecular weight excluding hydrogens is 324 g/mol. The van der Waals surface area contributed by atoms with E-state index < -0.39 is 6.10 Å². The molecule has 1 heterocycles. The smallest absolute Gasteiger partial charge is 0.227 e. The quantitative estimate of drug-likeness (QED) is 0.756. The summed E-state index contributed by atoms with van der Waals surface area (Å²) in [4.78, 5) is 8.48. The molecule has 6 heteroatoms. The second kappa shape index (κ2) is 7.09. The fourth-order valence-corrected chi connectivity index (χ4v) is 2.44. The van der Waals surface area contributed by atoms with Gasteiger partial charge in [-0.2, -0.15) is 5.26 Å². The number of aromatic nitrogens is 2. The summed E-state index contributed by atoms with van der Waals surface area (Å²) in [5, 5.41) is 22.8. The Morgan fingerprint density at radius 2 is 1.83 bits per heavy atom. The molecule has 0 spiro atoms. The molecule has 0 saturated carbocycles. The van der Waals surface area contributed by atoms with Crippen molar-refractivity contribution in [1.29, 1.82) is 5.26 Å². The first-order valence-electron chi connectivity index (χ1n) is 7.20. The van der Waals surface area contributed by atoms with Crippen molar-refractivity contribution in [3.05, 3.63) is 82.6 Å². The highest BCUT2D eigenvalue weighted by atomic mass is 35.5. The van der Waals surface area contributed by atoms with Crippen LogP contribution in [0, 0.1) is 11.3 Å². The highest BCUT2D eigenvalue weighted by molar-refractivity contribution is 6.31. The molecule has 0 aliphatic heterocycles. The minimum absolute atomic E-state index is 0.350. The topological polar surface area (TPSA) is 81.8 Å². The number of nitrogens with zero attached hydrogens (tertiary/aromatic N) is 3. The first-order valence-corrected chi connectivity index (χ1v) is 7.58. The summed E-state index contributed by atoms with van der Waals surface area (Å²) in [7, 11) is 0. The van der Waals surface area contributed by atoms with Crippen molar-refractivity contribution >= 4 is 23.2 Å². The molecule has 0 saturated heterocycles. The molecular formula is C18H13ClN4O. The molecule has 24 heavy (non-hydrogen) atoms. The lowest BCUT2D eigenvalue weighted by Crippen LogP contribution is -2.06. The number of nitrogens with one attached hydrogen (secondary N) is 1. The fourth-order valence-electron chi connectivity index (χ4n) is 2.20. The van der Waals surface area contributed by atoms with Crippen LogP contribution in [0.3, 0.4) is 0 Å². The normalized spacial score (nSPS) is 11.5. The maximum Gasteiger partial charge on any atom is 0.227 e. The van der Waals surface area contributed by atoms with E-state index in [-0.39, 0.29) is 0 Å². The number of nitriles is 1. The van der Waals surface area contributed by atoms with Crippen LogP contribution in [0.15, 0.2) is 60.8 Å². The van der Waals surface area contributed by atoms with E-state index in [0.29, 0.717) is 27.8 Å². The number of hydrogen-bond acceptors (Lipinski definition) is 5. The maximum absolute atomic E-state index is 10.5. The molecule has 2 N–H and O–H groups in total. The van der Waals surface area contributed by atoms with E-state index in [9.17, 15) is 5.11 Å². The average Bonchev–Trinajstić information content (AvgIpc) is 2.62. The summed E-state index contributed by atoms with van der Waals surface area (Å²) in [5.41, 5.74) is 2.35. The van der Waals surface area contributed by atoms with Gasteiger partial charge >= 0.3 is 0 Å². The molecule has 3 aromatic rings. The van der Waals surface area contributed by atoms with Gasteiger partial charge in [0.25, 0.3) is 0 Å². The van der Waals surface area contributed by atoms with Crippen LogP contribution < -0.4 is 5.32 Å². The zero-order valence-corrected chi connectivity index (χ0v) is 13.3. The third kappa shape index (κ3) is 3.51. The Kier molecular flexibility index (Phi) is 4.71. The summed E-state index contributed by atoms with van der Waals surface area (Å²) in [5.74, 6) is 0.350. The largest absolute Gasteiger partial charge is 0.382 e. The van der Waals surface area contributed by atoms with Gasteiger partial charge in [-0.25, -0.2) is 9.97 Å². The molecule has 0 fully saturated rings. The molecule has 3 rings (SSSR count). The minimum atomic E-state index is -0.941. The van der Waals surface area contributed by atoms with Crippen LogP contribution in [0.25, 0.3) is 0 Å². The number of benzene rings is 2. The Morgan fingerprint density at radius 1 is 1.08 bits per heavy atom. The van der Waals surface area contributed by atoms with Gasteiger partial charge in [-0.05, 0) is 36.4 Å². The van der Waals surface area contributed by atoms with Gasteiger partial charge < -0.3 is 10.4 Å². The first kappa shape index (κ1) is 15.9. The van der Waals surface area contributed by atoms with Crippen LogP contribution in [0.5, 0.6) is 0 Å². The van der Waals surface area contributed by atoms with Gasteiger partial charge in [-0.15, -0.1) is 0 Å². The Labute approximate surface area is 144 Å². The number of hydrogen-bond donors (Lipinski definition) is 2. The molecule has 5 nitrogen and oxygen atoms in total. The zero-order valence-electron chi connectivity index (χ0n) is 12.5. The molecule has 2 aromatic carbocycles. The van der Waals surface area contributed by atoms with E-state index in [0.717, 1.165) is 5.69 Å². The minimum Gasteiger partial charge on any atom is -0.382 e. The molecule has 0 aliphatic rings. The monoisotopic (exact) mass is 336 g/mol. The molecule has 1 atom stereocenters. The van der Waals surface area contributed by atoms with Gasteiger partial charge in [0, 0.05) is 22.5 Å². The van der Waals surface area contributed by atoms with Crippen LogP contribution in [0.1, 0.15) is 22.9 Å². The second-order valence-electron chi connectivity index (χ2n) is 5.04. The van der Waals surface area contributed by atoms with Gasteiger partial charge in [-0.1, -0.05) is 29.8 Å². The average molecular weight is 337 g/mol. The van der Waals surface area contributed by atoms with Gasteiger partial charge in [0.15, 0.2) is 0 Å². The second-order valence-corrected chi connectivity index (χ2v) is 5.45. The number of rotatable bonds is 4. The third-order valence-corrected chi connectivity index (χ3v) is 3.77. The molecule has 1 aromatic heterocycles. The van der Waals surface area contributed by atoms with E-state index in [1.54, 1.807) is 54.7 Å². The van der Waals surface area contributed by atoms with Crippen molar-refractivity contribution in [2.75, 3.05) is 5.32 Å². The van der Waals surface area contributed by atoms with Crippen molar-refractivity contribution < 1.29 is 5.11 Å².